The molecule has 30 heavy (non-hydrogen) atoms. The largest absolute Gasteiger partial charge is 0.352 e. The monoisotopic (exact) mass is 439 g/mol. The minimum Gasteiger partial charge on any atom is -0.352 e. The molecule has 7 nitrogen and oxygen atoms in total. The third-order valence-corrected chi connectivity index (χ3v) is 7.80. The van der Waals surface area contributed by atoms with Crippen LogP contribution in [0.1, 0.15) is 46.0 Å². The van der Waals surface area contributed by atoms with Gasteiger partial charge in [0, 0.05) is 19.1 Å². The summed E-state index contributed by atoms with van der Waals surface area (Å²) in [5.41, 5.74) is 0. The van der Waals surface area contributed by atoms with Crippen LogP contribution < -0.4 is 10.6 Å². The van der Waals surface area contributed by atoms with Gasteiger partial charge in [-0.1, -0.05) is 20.3 Å². The van der Waals surface area contributed by atoms with Crippen molar-refractivity contribution in [2.75, 3.05) is 13.1 Å². The van der Waals surface area contributed by atoms with Crippen LogP contribution in [0.5, 0.6) is 0 Å². The first-order valence-electron chi connectivity index (χ1n) is 10.6. The Morgan fingerprint density at radius 3 is 2.47 bits per heavy atom. The molecule has 3 atom stereocenters. The van der Waals surface area contributed by atoms with Crippen LogP contribution in [-0.2, 0) is 19.6 Å². The highest BCUT2D eigenvalue weighted by atomic mass is 32.2. The van der Waals surface area contributed by atoms with Crippen LogP contribution in [0, 0.1) is 17.7 Å². The van der Waals surface area contributed by atoms with E-state index in [2.05, 4.69) is 10.6 Å². The van der Waals surface area contributed by atoms with Gasteiger partial charge in [-0.3, -0.25) is 9.59 Å². The molecule has 0 radical (unpaired) electrons. The van der Waals surface area contributed by atoms with Crippen LogP contribution in [0.4, 0.5) is 4.39 Å². The van der Waals surface area contributed by atoms with Crippen molar-refractivity contribution in [1.82, 2.24) is 14.9 Å². The molecule has 1 aliphatic heterocycles. The van der Waals surface area contributed by atoms with E-state index in [1.807, 2.05) is 13.8 Å². The number of hydrogen-bond donors (Lipinski definition) is 2. The molecule has 9 heteroatoms. The lowest BCUT2D eigenvalue weighted by molar-refractivity contribution is -0.133. The Hall–Kier alpha value is -2.00. The minimum atomic E-state index is -3.81. The molecule has 3 rings (SSSR count). The third-order valence-electron chi connectivity index (χ3n) is 5.92. The van der Waals surface area contributed by atoms with E-state index in [-0.39, 0.29) is 35.2 Å². The summed E-state index contributed by atoms with van der Waals surface area (Å²) < 4.78 is 40.2. The van der Waals surface area contributed by atoms with Gasteiger partial charge >= 0.3 is 0 Å². The number of nitrogens with zero attached hydrogens (tertiary/aromatic N) is 1. The molecule has 0 aromatic heterocycles. The van der Waals surface area contributed by atoms with Crippen LogP contribution in [0.15, 0.2) is 29.2 Å². The molecule has 2 N–H and O–H groups in total. The fourth-order valence-electron chi connectivity index (χ4n) is 3.62. The van der Waals surface area contributed by atoms with Crippen molar-refractivity contribution in [3.8, 4) is 0 Å². The number of benzene rings is 1. The molecule has 0 spiro atoms. The van der Waals surface area contributed by atoms with E-state index < -0.39 is 27.8 Å². The number of carbonyl (C=O) groups is 2. The average Bonchev–Trinajstić information content (AvgIpc) is 3.55. The van der Waals surface area contributed by atoms with Gasteiger partial charge in [0.15, 0.2) is 0 Å². The molecule has 2 amide bonds. The average molecular weight is 440 g/mol. The van der Waals surface area contributed by atoms with Gasteiger partial charge in [0.25, 0.3) is 0 Å². The molecular formula is C21H30FN3O4S. The Kier molecular flexibility index (Phi) is 7.13. The molecule has 1 aromatic rings. The normalized spacial score (nSPS) is 22.2. The molecule has 0 unspecified atom stereocenters. The number of carbonyl (C=O) groups excluding carboxylic acids is 2. The summed E-state index contributed by atoms with van der Waals surface area (Å²) in [6, 6.07) is 4.25. The van der Waals surface area contributed by atoms with Gasteiger partial charge in [-0.25, -0.2) is 12.8 Å². The summed E-state index contributed by atoms with van der Waals surface area (Å²) in [7, 11) is -3.81. The first kappa shape index (κ1) is 22.7. The molecular weight excluding hydrogens is 409 g/mol. The standard InChI is InChI=1S/C21H30FN3O4S/c1-3-14(2)19(21(27)23-17-8-9-17)24-20(26)15-5-4-12-25(13-15)30(28,29)18-10-6-16(22)7-11-18/h6-7,10-11,14-15,17,19H,3-5,8-9,12-13H2,1-2H3,(H,23,27)(H,24,26)/t14-,15-,19+/m1/s1. The maximum Gasteiger partial charge on any atom is 0.243 e. The third kappa shape index (κ3) is 5.37. The zero-order valence-electron chi connectivity index (χ0n) is 17.4. The molecule has 1 aliphatic carbocycles. The van der Waals surface area contributed by atoms with Gasteiger partial charge in [0.1, 0.15) is 11.9 Å². The summed E-state index contributed by atoms with van der Waals surface area (Å²) in [6.45, 7) is 4.24. The molecule has 166 valence electrons. The second kappa shape index (κ2) is 9.43. The zero-order valence-corrected chi connectivity index (χ0v) is 18.3. The lowest BCUT2D eigenvalue weighted by Gasteiger charge is -2.32. The summed E-state index contributed by atoms with van der Waals surface area (Å²) >= 11 is 0. The van der Waals surface area contributed by atoms with Gasteiger partial charge in [-0.05, 0) is 55.9 Å². The lowest BCUT2D eigenvalue weighted by atomic mass is 9.95. The Morgan fingerprint density at radius 1 is 1.20 bits per heavy atom. The van der Waals surface area contributed by atoms with Crippen LogP contribution in [0.2, 0.25) is 0 Å². The summed E-state index contributed by atoms with van der Waals surface area (Å²) in [4.78, 5) is 25.5. The number of halogens is 1. The van der Waals surface area contributed by atoms with Crippen molar-refractivity contribution in [2.45, 2.75) is 62.9 Å². The van der Waals surface area contributed by atoms with Gasteiger partial charge in [-0.15, -0.1) is 0 Å². The van der Waals surface area contributed by atoms with Gasteiger partial charge in [-0.2, -0.15) is 4.31 Å². The lowest BCUT2D eigenvalue weighted by Crippen LogP contribution is -2.54. The van der Waals surface area contributed by atoms with E-state index in [1.165, 1.54) is 16.4 Å². The smallest absolute Gasteiger partial charge is 0.243 e. The summed E-state index contributed by atoms with van der Waals surface area (Å²) in [6.07, 6.45) is 3.76. The quantitative estimate of drug-likeness (QED) is 0.648. The van der Waals surface area contributed by atoms with E-state index in [4.69, 9.17) is 0 Å². The predicted octanol–water partition coefficient (Wildman–Crippen LogP) is 2.04. The van der Waals surface area contributed by atoms with Crippen LogP contribution in [0.3, 0.4) is 0 Å². The zero-order chi connectivity index (χ0) is 21.9. The number of hydrogen-bond acceptors (Lipinski definition) is 4. The molecule has 1 aromatic carbocycles. The highest BCUT2D eigenvalue weighted by molar-refractivity contribution is 7.89. The number of piperidine rings is 1. The van der Waals surface area contributed by atoms with Crippen LogP contribution in [0.25, 0.3) is 0 Å². The van der Waals surface area contributed by atoms with Crippen molar-refractivity contribution >= 4 is 21.8 Å². The Morgan fingerprint density at radius 2 is 1.87 bits per heavy atom. The van der Waals surface area contributed by atoms with Crippen LogP contribution in [-0.4, -0.2) is 49.7 Å². The fraction of sp³-hybridized carbons (Fsp3) is 0.619. The van der Waals surface area contributed by atoms with Crippen molar-refractivity contribution in [3.63, 3.8) is 0 Å². The highest BCUT2D eigenvalue weighted by Gasteiger charge is 2.36. The topological polar surface area (TPSA) is 95.6 Å². The van der Waals surface area contributed by atoms with Crippen LogP contribution >= 0.6 is 0 Å². The van der Waals surface area contributed by atoms with E-state index in [0.717, 1.165) is 31.4 Å². The van der Waals surface area contributed by atoms with E-state index >= 15 is 0 Å². The Bertz CT molecular complexity index is 871. The molecule has 2 aliphatic rings. The molecule has 2 fully saturated rings. The number of amides is 2. The van der Waals surface area contributed by atoms with Crippen molar-refractivity contribution in [3.05, 3.63) is 30.1 Å². The minimum absolute atomic E-state index is 0.00579. The Balaban J connectivity index is 1.67. The van der Waals surface area contributed by atoms with Crippen molar-refractivity contribution < 1.29 is 22.4 Å². The fourth-order valence-corrected chi connectivity index (χ4v) is 5.15. The van der Waals surface area contributed by atoms with E-state index in [0.29, 0.717) is 19.4 Å². The van der Waals surface area contributed by atoms with Gasteiger partial charge < -0.3 is 10.6 Å². The van der Waals surface area contributed by atoms with Crippen molar-refractivity contribution in [1.29, 1.82) is 0 Å². The summed E-state index contributed by atoms with van der Waals surface area (Å²) in [5.74, 6) is -1.55. The second-order valence-corrected chi connectivity index (χ2v) is 10.2. The maximum atomic E-state index is 13.2. The molecule has 1 saturated heterocycles. The van der Waals surface area contributed by atoms with Crippen molar-refractivity contribution in [2.24, 2.45) is 11.8 Å². The number of rotatable bonds is 8. The van der Waals surface area contributed by atoms with E-state index in [9.17, 15) is 22.4 Å². The molecule has 0 bridgehead atoms. The van der Waals surface area contributed by atoms with Gasteiger partial charge in [0.2, 0.25) is 21.8 Å². The number of sulfonamides is 1. The highest BCUT2D eigenvalue weighted by Crippen LogP contribution is 2.25. The number of nitrogens with one attached hydrogen (secondary N) is 2. The molecule has 1 heterocycles. The Labute approximate surface area is 177 Å². The molecule has 1 saturated carbocycles. The predicted molar refractivity (Wildman–Crippen MR) is 110 cm³/mol. The maximum absolute atomic E-state index is 13.2. The SMILES string of the molecule is CC[C@@H](C)[C@H](NC(=O)[C@@H]1CCCN(S(=O)(=O)c2ccc(F)cc2)C1)C(=O)NC1CC1. The summed E-state index contributed by atoms with van der Waals surface area (Å²) in [5, 5.41) is 5.81. The second-order valence-electron chi connectivity index (χ2n) is 8.31. The first-order chi connectivity index (χ1) is 14.2. The van der Waals surface area contributed by atoms with Gasteiger partial charge in [0.05, 0.1) is 10.8 Å². The first-order valence-corrected chi connectivity index (χ1v) is 12.0. The van der Waals surface area contributed by atoms with E-state index in [1.54, 1.807) is 0 Å².